The van der Waals surface area contributed by atoms with Crippen LogP contribution in [0.3, 0.4) is 0 Å². The Bertz CT molecular complexity index is 864. The molecule has 1 saturated heterocycles. The minimum absolute atomic E-state index is 0. The lowest BCUT2D eigenvalue weighted by atomic mass is 9.40. The van der Waals surface area contributed by atoms with Crippen molar-refractivity contribution in [1.82, 2.24) is 9.80 Å². The van der Waals surface area contributed by atoms with Crippen molar-refractivity contribution >= 4 is 24.8 Å². The Morgan fingerprint density at radius 3 is 1.58 bits per heavy atom. The molecule has 0 spiro atoms. The zero-order chi connectivity index (χ0) is 23.0. The molecule has 0 radical (unpaired) electrons. The predicted molar refractivity (Wildman–Crippen MR) is 157 cm³/mol. The van der Waals surface area contributed by atoms with Gasteiger partial charge in [0.25, 0.3) is 0 Å². The first-order valence-electron chi connectivity index (χ1n) is 14.3. The SMILES string of the molecule is CCN1CCN(CCCC(c2ccccc2)(c2ccccc2)C23CC4CC(CC(C4)C2)C3)CC1.Cl.Cl. The molecule has 2 aromatic carbocycles. The number of piperazine rings is 1. The Kier molecular flexibility index (Phi) is 9.14. The second kappa shape index (κ2) is 11.8. The van der Waals surface area contributed by atoms with Gasteiger partial charge in [0.05, 0.1) is 0 Å². The average molecular weight is 530 g/mol. The van der Waals surface area contributed by atoms with E-state index >= 15 is 0 Å². The first-order valence-corrected chi connectivity index (χ1v) is 14.3. The maximum absolute atomic E-state index is 2.74. The second-order valence-electron chi connectivity index (χ2n) is 12.2. The van der Waals surface area contributed by atoms with E-state index < -0.39 is 0 Å². The van der Waals surface area contributed by atoms with Gasteiger partial charge in [-0.15, -0.1) is 24.8 Å². The van der Waals surface area contributed by atoms with Crippen LogP contribution in [0, 0.1) is 23.2 Å². The van der Waals surface area contributed by atoms with E-state index in [0.29, 0.717) is 5.41 Å². The molecule has 4 bridgehead atoms. The molecule has 4 heteroatoms. The minimum atomic E-state index is 0. The molecule has 1 aliphatic heterocycles. The molecule has 0 aromatic heterocycles. The number of hydrogen-bond donors (Lipinski definition) is 0. The summed E-state index contributed by atoms with van der Waals surface area (Å²) in [7, 11) is 0. The topological polar surface area (TPSA) is 6.48 Å². The highest BCUT2D eigenvalue weighted by molar-refractivity contribution is 5.85. The van der Waals surface area contributed by atoms with Gasteiger partial charge in [0.1, 0.15) is 0 Å². The maximum Gasteiger partial charge on any atom is 0.0259 e. The van der Waals surface area contributed by atoms with Crippen LogP contribution in [0.4, 0.5) is 0 Å². The van der Waals surface area contributed by atoms with Crippen molar-refractivity contribution in [3.05, 3.63) is 71.8 Å². The Balaban J connectivity index is 0.00000152. The molecule has 1 heterocycles. The first kappa shape index (κ1) is 28.0. The van der Waals surface area contributed by atoms with Crippen LogP contribution in [0.25, 0.3) is 0 Å². The summed E-state index contributed by atoms with van der Waals surface area (Å²) in [5, 5.41) is 0. The highest BCUT2D eigenvalue weighted by atomic mass is 35.5. The van der Waals surface area contributed by atoms with Crippen LogP contribution < -0.4 is 0 Å². The number of benzene rings is 2. The summed E-state index contributed by atoms with van der Waals surface area (Å²) in [5.41, 5.74) is 3.78. The summed E-state index contributed by atoms with van der Waals surface area (Å²) in [6, 6.07) is 23.6. The van der Waals surface area contributed by atoms with E-state index in [-0.39, 0.29) is 30.2 Å². The van der Waals surface area contributed by atoms with Gasteiger partial charge in [-0.1, -0.05) is 67.6 Å². The largest absolute Gasteiger partial charge is 0.301 e. The van der Waals surface area contributed by atoms with Gasteiger partial charge < -0.3 is 9.80 Å². The third kappa shape index (κ3) is 5.00. The van der Waals surface area contributed by atoms with Crippen LogP contribution in [-0.2, 0) is 5.41 Å². The normalized spacial score (nSPS) is 30.0. The van der Waals surface area contributed by atoms with E-state index in [1.54, 1.807) is 11.1 Å². The number of nitrogens with zero attached hydrogens (tertiary/aromatic N) is 2. The number of hydrogen-bond acceptors (Lipinski definition) is 2. The third-order valence-electron chi connectivity index (χ3n) is 10.4. The molecule has 4 saturated carbocycles. The van der Waals surface area contributed by atoms with Gasteiger partial charge in [0.15, 0.2) is 0 Å². The molecule has 36 heavy (non-hydrogen) atoms. The molecule has 0 N–H and O–H groups in total. The standard InChI is InChI=1S/C32H44N2.2ClH/c1-2-33-16-18-34(19-17-33)15-9-14-32(29-10-5-3-6-11-29,30-12-7-4-8-13-30)31-23-26-20-27(24-31)22-28(21-26)25-31;;/h3-8,10-13,26-28H,2,9,14-25H2,1H3;2*1H. The third-order valence-corrected chi connectivity index (χ3v) is 10.4. The molecule has 5 aliphatic rings. The van der Waals surface area contributed by atoms with Crippen molar-refractivity contribution in [1.29, 1.82) is 0 Å². The fourth-order valence-electron chi connectivity index (χ4n) is 9.31. The lowest BCUT2D eigenvalue weighted by molar-refractivity contribution is -0.0933. The Hall–Kier alpha value is -1.06. The van der Waals surface area contributed by atoms with E-state index in [1.807, 2.05) is 0 Å². The van der Waals surface area contributed by atoms with Gasteiger partial charge in [-0.05, 0) is 98.8 Å². The highest BCUT2D eigenvalue weighted by Crippen LogP contribution is 2.69. The summed E-state index contributed by atoms with van der Waals surface area (Å²) < 4.78 is 0. The maximum atomic E-state index is 2.74. The molecular weight excluding hydrogens is 483 g/mol. The van der Waals surface area contributed by atoms with Gasteiger partial charge in [-0.3, -0.25) is 0 Å². The monoisotopic (exact) mass is 528 g/mol. The molecule has 0 unspecified atom stereocenters. The zero-order valence-corrected chi connectivity index (χ0v) is 23.7. The number of rotatable bonds is 8. The fraction of sp³-hybridized carbons (Fsp3) is 0.625. The van der Waals surface area contributed by atoms with Gasteiger partial charge in [0.2, 0.25) is 0 Å². The molecule has 198 valence electrons. The van der Waals surface area contributed by atoms with Crippen molar-refractivity contribution in [2.75, 3.05) is 39.3 Å². The summed E-state index contributed by atoms with van der Waals surface area (Å²) >= 11 is 0. The summed E-state index contributed by atoms with van der Waals surface area (Å²) in [6.07, 6.45) is 11.5. The summed E-state index contributed by atoms with van der Waals surface area (Å²) in [6.45, 7) is 9.73. The van der Waals surface area contributed by atoms with Crippen molar-refractivity contribution in [2.24, 2.45) is 23.2 Å². The second-order valence-corrected chi connectivity index (χ2v) is 12.2. The van der Waals surface area contributed by atoms with E-state index in [2.05, 4.69) is 77.4 Å². The molecule has 0 atom stereocenters. The smallest absolute Gasteiger partial charge is 0.0259 e. The van der Waals surface area contributed by atoms with Crippen molar-refractivity contribution < 1.29 is 0 Å². The molecular formula is C32H46Cl2N2. The van der Waals surface area contributed by atoms with Crippen LogP contribution in [-0.4, -0.2) is 49.1 Å². The quantitative estimate of drug-likeness (QED) is 0.350. The lowest BCUT2D eigenvalue weighted by Crippen LogP contribution is -2.57. The Labute approximate surface area is 232 Å². The lowest BCUT2D eigenvalue weighted by Gasteiger charge is -2.64. The van der Waals surface area contributed by atoms with Gasteiger partial charge >= 0.3 is 0 Å². The molecule has 7 rings (SSSR count). The average Bonchev–Trinajstić information content (AvgIpc) is 2.87. The molecule has 0 amide bonds. The van der Waals surface area contributed by atoms with E-state index in [9.17, 15) is 0 Å². The molecule has 5 fully saturated rings. The zero-order valence-electron chi connectivity index (χ0n) is 22.1. The fourth-order valence-corrected chi connectivity index (χ4v) is 9.31. The molecule has 4 aliphatic carbocycles. The highest BCUT2D eigenvalue weighted by Gasteiger charge is 2.61. The number of halogens is 2. The van der Waals surface area contributed by atoms with Gasteiger partial charge in [0, 0.05) is 31.6 Å². The molecule has 2 nitrogen and oxygen atoms in total. The van der Waals surface area contributed by atoms with E-state index in [0.717, 1.165) is 17.8 Å². The first-order chi connectivity index (χ1) is 16.7. The van der Waals surface area contributed by atoms with Crippen LogP contribution in [0.2, 0.25) is 0 Å². The van der Waals surface area contributed by atoms with E-state index in [4.69, 9.17) is 0 Å². The Morgan fingerprint density at radius 1 is 0.694 bits per heavy atom. The summed E-state index contributed by atoms with van der Waals surface area (Å²) in [5.74, 6) is 2.92. The summed E-state index contributed by atoms with van der Waals surface area (Å²) in [4.78, 5) is 5.34. The van der Waals surface area contributed by atoms with Crippen LogP contribution >= 0.6 is 24.8 Å². The van der Waals surface area contributed by atoms with Crippen molar-refractivity contribution in [3.63, 3.8) is 0 Å². The number of likely N-dealkylation sites (N-methyl/N-ethyl adjacent to an activating group) is 1. The Morgan fingerprint density at radius 2 is 1.14 bits per heavy atom. The van der Waals surface area contributed by atoms with Crippen molar-refractivity contribution in [3.8, 4) is 0 Å². The minimum Gasteiger partial charge on any atom is -0.301 e. The van der Waals surface area contributed by atoms with Gasteiger partial charge in [-0.25, -0.2) is 0 Å². The van der Waals surface area contributed by atoms with Crippen LogP contribution in [0.1, 0.15) is 69.4 Å². The predicted octanol–water partition coefficient (Wildman–Crippen LogP) is 7.45. The van der Waals surface area contributed by atoms with Crippen LogP contribution in [0.5, 0.6) is 0 Å². The van der Waals surface area contributed by atoms with E-state index in [1.165, 1.54) is 90.6 Å². The van der Waals surface area contributed by atoms with Crippen molar-refractivity contribution in [2.45, 2.75) is 63.7 Å². The van der Waals surface area contributed by atoms with Crippen LogP contribution in [0.15, 0.2) is 60.7 Å². The molecule has 2 aromatic rings. The van der Waals surface area contributed by atoms with Gasteiger partial charge in [-0.2, -0.15) is 0 Å².